The third kappa shape index (κ3) is 8.97. The first-order valence-corrected chi connectivity index (χ1v) is 2.02. The van der Waals surface area contributed by atoms with Gasteiger partial charge in [0.15, 0.2) is 0 Å². The molecule has 0 saturated carbocycles. The van der Waals surface area contributed by atoms with Crippen LogP contribution in [-0.2, 0) is 0 Å². The van der Waals surface area contributed by atoms with Crippen molar-refractivity contribution in [2.24, 2.45) is 0 Å². The molecule has 0 aliphatic carbocycles. The van der Waals surface area contributed by atoms with Gasteiger partial charge in [0.25, 0.3) is 0 Å². The van der Waals surface area contributed by atoms with Gasteiger partial charge in [-0.2, -0.15) is 0 Å². The van der Waals surface area contributed by atoms with Crippen LogP contribution in [0.4, 0.5) is 0 Å². The van der Waals surface area contributed by atoms with Gasteiger partial charge >= 0.3 is 0 Å². The fourth-order valence-electron chi connectivity index (χ4n) is 0.158. The molecule has 0 aliphatic rings. The van der Waals surface area contributed by atoms with Crippen LogP contribution in [0.1, 0.15) is 19.8 Å². The zero-order valence-electron chi connectivity index (χ0n) is 3.88. The molecule has 0 spiro atoms. The Labute approximate surface area is 69.2 Å². The summed E-state index contributed by atoms with van der Waals surface area (Å²) in [5.74, 6) is 0. The zero-order chi connectivity index (χ0) is 4.12. The van der Waals surface area contributed by atoms with E-state index in [-0.39, 0.29) is 38.2 Å². The van der Waals surface area contributed by atoms with E-state index in [4.69, 9.17) is 5.11 Å². The fourth-order valence-corrected chi connectivity index (χ4v) is 0.158. The van der Waals surface area contributed by atoms with E-state index in [9.17, 15) is 0 Å². The van der Waals surface area contributed by atoms with Crippen LogP contribution in [-0.4, -0.2) is 11.7 Å². The minimum atomic E-state index is 0. The van der Waals surface area contributed by atoms with Crippen LogP contribution in [0.15, 0.2) is 0 Å². The van der Waals surface area contributed by atoms with Crippen LogP contribution in [0.3, 0.4) is 0 Å². The molecule has 0 aromatic carbocycles. The van der Waals surface area contributed by atoms with E-state index < -0.39 is 0 Å². The summed E-state index contributed by atoms with van der Waals surface area (Å²) in [6.45, 7) is 2.40. The molecule has 2 heteroatoms. The van der Waals surface area contributed by atoms with Crippen LogP contribution in [0.2, 0.25) is 0 Å². The molecule has 6 heavy (non-hydrogen) atoms. The van der Waals surface area contributed by atoms with Gasteiger partial charge in [-0.3, -0.25) is 0 Å². The first-order chi connectivity index (χ1) is 2.41. The monoisotopic (exact) mass is 238 g/mol. The van der Waals surface area contributed by atoms with E-state index in [1.807, 2.05) is 0 Å². The molecule has 1 nitrogen and oxygen atoms in total. The van der Waals surface area contributed by atoms with Crippen molar-refractivity contribution >= 4 is 0 Å². The maximum absolute atomic E-state index is 8.07. The predicted octanol–water partition coefficient (Wildman–Crippen LogP) is 0.779. The van der Waals surface area contributed by atoms with E-state index in [2.05, 4.69) is 6.92 Å². The van der Waals surface area contributed by atoms with Crippen molar-refractivity contribution in [1.82, 2.24) is 0 Å². The number of aliphatic hydroxyl groups is 1. The molecule has 1 N–H and O–H groups in total. The third-order valence-corrected chi connectivity index (χ3v) is 0.512. The van der Waals surface area contributed by atoms with Crippen LogP contribution in [0.25, 0.3) is 0 Å². The maximum atomic E-state index is 8.07. The summed E-state index contributed by atoms with van der Waals surface area (Å²) >= 11 is 0. The molecule has 0 bridgehead atoms. The molecular weight excluding hydrogens is 227 g/mol. The maximum Gasteiger partial charge on any atom is 0.0430 e. The summed E-state index contributed by atoms with van der Waals surface area (Å²) in [7, 11) is 0. The summed E-state index contributed by atoms with van der Waals surface area (Å²) in [6, 6.07) is 0. The Bertz CT molecular complexity index is 15.0. The number of unbranched alkanes of at least 4 members (excludes halogenated alkanes) is 1. The zero-order valence-corrected chi connectivity index (χ0v) is 5.91. The Morgan fingerprint density at radius 3 is 2.00 bits per heavy atom. The molecule has 0 radical (unpaired) electrons. The van der Waals surface area contributed by atoms with Crippen molar-refractivity contribution in [1.29, 1.82) is 0 Å². The van der Waals surface area contributed by atoms with Crippen molar-refractivity contribution < 1.29 is 43.3 Å². The van der Waals surface area contributed by atoms with Gasteiger partial charge in [0, 0.05) is 44.8 Å². The number of hydrogen-bond donors (Lipinski definition) is 1. The van der Waals surface area contributed by atoms with Crippen LogP contribution in [0.5, 0.6) is 0 Å². The Balaban J connectivity index is 0. The first-order valence-electron chi connectivity index (χ1n) is 2.02. The van der Waals surface area contributed by atoms with E-state index >= 15 is 0 Å². The summed E-state index contributed by atoms with van der Waals surface area (Å²) in [5.41, 5.74) is 0. The predicted molar refractivity (Wildman–Crippen MR) is 22.0 cm³/mol. The molecule has 0 rings (SSSR count). The number of rotatable bonds is 2. The largest absolute Gasteiger partial charge is 0.396 e. The molecule has 0 amide bonds. The standard InChI is InChI=1S/C4H10O.Dy/c1-2-3-4-5;/h5H,2-4H2,1H3;. The molecule has 0 fully saturated rings. The fraction of sp³-hybridized carbons (Fsp3) is 1.00. The van der Waals surface area contributed by atoms with Gasteiger partial charge in [-0.25, -0.2) is 0 Å². The van der Waals surface area contributed by atoms with Crippen molar-refractivity contribution in [2.75, 3.05) is 6.61 Å². The Morgan fingerprint density at radius 2 is 2.00 bits per heavy atom. The topological polar surface area (TPSA) is 20.2 Å². The quantitative estimate of drug-likeness (QED) is 0.751. The van der Waals surface area contributed by atoms with Crippen LogP contribution in [0, 0.1) is 38.2 Å². The third-order valence-electron chi connectivity index (χ3n) is 0.512. The van der Waals surface area contributed by atoms with Crippen LogP contribution >= 0.6 is 0 Å². The van der Waals surface area contributed by atoms with E-state index in [1.165, 1.54) is 0 Å². The van der Waals surface area contributed by atoms with E-state index in [0.29, 0.717) is 6.61 Å². The SMILES string of the molecule is CCCCO.[Dy]. The van der Waals surface area contributed by atoms with Gasteiger partial charge in [-0.1, -0.05) is 13.3 Å². The van der Waals surface area contributed by atoms with Crippen molar-refractivity contribution in [3.8, 4) is 0 Å². The molecule has 0 unspecified atom stereocenters. The van der Waals surface area contributed by atoms with E-state index in [0.717, 1.165) is 12.8 Å². The molecule has 0 atom stereocenters. The van der Waals surface area contributed by atoms with Gasteiger partial charge in [0.2, 0.25) is 0 Å². The molecule has 0 heterocycles. The second-order valence-corrected chi connectivity index (χ2v) is 1.08. The van der Waals surface area contributed by atoms with E-state index in [1.54, 1.807) is 0 Å². The van der Waals surface area contributed by atoms with Crippen LogP contribution < -0.4 is 0 Å². The molecule has 0 aliphatic heterocycles. The Morgan fingerprint density at radius 1 is 1.50 bits per heavy atom. The minimum absolute atomic E-state index is 0. The Hall–Kier alpha value is 1.23. The molecule has 42 valence electrons. The van der Waals surface area contributed by atoms with Crippen molar-refractivity contribution in [2.45, 2.75) is 19.8 Å². The van der Waals surface area contributed by atoms with Crippen molar-refractivity contribution in [3.05, 3.63) is 0 Å². The summed E-state index contributed by atoms with van der Waals surface area (Å²) in [6.07, 6.45) is 2.04. The average molecular weight is 237 g/mol. The first kappa shape index (κ1) is 10.3. The molecule has 0 aromatic heterocycles. The number of aliphatic hydroxyl groups excluding tert-OH is 1. The van der Waals surface area contributed by atoms with Gasteiger partial charge < -0.3 is 5.11 Å². The van der Waals surface area contributed by atoms with Gasteiger partial charge in [-0.15, -0.1) is 0 Å². The summed E-state index contributed by atoms with van der Waals surface area (Å²) in [4.78, 5) is 0. The second-order valence-electron chi connectivity index (χ2n) is 1.08. The molecular formula is C4H10DyO. The average Bonchev–Trinajstić information content (AvgIpc) is 1.41. The van der Waals surface area contributed by atoms with Crippen molar-refractivity contribution in [3.63, 3.8) is 0 Å². The molecule has 0 saturated heterocycles. The Kier molecular flexibility index (Phi) is 16.3. The summed E-state index contributed by atoms with van der Waals surface area (Å²) in [5, 5.41) is 8.07. The van der Waals surface area contributed by atoms with Gasteiger partial charge in [0.1, 0.15) is 0 Å². The smallest absolute Gasteiger partial charge is 0.0430 e. The second kappa shape index (κ2) is 9.53. The normalized spacial score (nSPS) is 7.00. The number of hydrogen-bond acceptors (Lipinski definition) is 1. The van der Waals surface area contributed by atoms with Gasteiger partial charge in [-0.05, 0) is 6.42 Å². The minimum Gasteiger partial charge on any atom is -0.396 e. The molecule has 0 aromatic rings. The summed E-state index contributed by atoms with van der Waals surface area (Å²) < 4.78 is 0. The van der Waals surface area contributed by atoms with Gasteiger partial charge in [0.05, 0.1) is 0 Å².